The zero-order valence-electron chi connectivity index (χ0n) is 10.4. The van der Waals surface area contributed by atoms with Crippen molar-refractivity contribution in [3.8, 4) is 0 Å². The van der Waals surface area contributed by atoms with E-state index in [1.807, 2.05) is 24.3 Å². The van der Waals surface area contributed by atoms with E-state index in [2.05, 4.69) is 26.6 Å². The summed E-state index contributed by atoms with van der Waals surface area (Å²) in [5.74, 6) is -0.343. The first-order valence-electron chi connectivity index (χ1n) is 5.89. The summed E-state index contributed by atoms with van der Waals surface area (Å²) in [7, 11) is 0. The van der Waals surface area contributed by atoms with Crippen molar-refractivity contribution in [1.82, 2.24) is 5.32 Å². The average molecular weight is 335 g/mol. The van der Waals surface area contributed by atoms with Crippen LogP contribution in [-0.2, 0) is 0 Å². The fraction of sp³-hybridized carbons (Fsp3) is 0. The summed E-state index contributed by atoms with van der Waals surface area (Å²) in [4.78, 5) is 11.6. The summed E-state index contributed by atoms with van der Waals surface area (Å²) in [6.07, 6.45) is 3.31. The molecule has 0 saturated heterocycles. The molecule has 0 bridgehead atoms. The van der Waals surface area contributed by atoms with Crippen LogP contribution in [0.5, 0.6) is 0 Å². The van der Waals surface area contributed by atoms with E-state index >= 15 is 0 Å². The Bertz CT molecular complexity index is 626. The van der Waals surface area contributed by atoms with Crippen LogP contribution in [0.2, 0.25) is 0 Å². The summed E-state index contributed by atoms with van der Waals surface area (Å²) in [5.41, 5.74) is 1.48. The van der Waals surface area contributed by atoms with Crippen molar-refractivity contribution in [1.29, 1.82) is 0 Å². The fourth-order valence-electron chi connectivity index (χ4n) is 1.52. The molecule has 0 aliphatic rings. The lowest BCUT2D eigenvalue weighted by Gasteiger charge is -2.04. The van der Waals surface area contributed by atoms with Gasteiger partial charge in [0.2, 0.25) is 0 Å². The van der Waals surface area contributed by atoms with Crippen LogP contribution in [-0.4, -0.2) is 6.03 Å². The maximum Gasteiger partial charge on any atom is 0.323 e. The zero-order chi connectivity index (χ0) is 14.4. The summed E-state index contributed by atoms with van der Waals surface area (Å²) in [5, 5.41) is 5.17. The number of rotatable bonds is 3. The van der Waals surface area contributed by atoms with Gasteiger partial charge in [0.05, 0.1) is 0 Å². The van der Waals surface area contributed by atoms with Gasteiger partial charge in [-0.15, -0.1) is 0 Å². The number of carbonyl (C=O) groups is 1. The Morgan fingerprint density at radius 1 is 1.10 bits per heavy atom. The number of urea groups is 1. The molecule has 0 saturated carbocycles. The number of halogens is 2. The Balaban J connectivity index is 1.89. The van der Waals surface area contributed by atoms with Crippen molar-refractivity contribution in [2.24, 2.45) is 0 Å². The molecule has 0 fully saturated rings. The van der Waals surface area contributed by atoms with Crippen LogP contribution in [0.4, 0.5) is 14.9 Å². The number of nitrogens with one attached hydrogen (secondary N) is 2. The maximum absolute atomic E-state index is 12.7. The van der Waals surface area contributed by atoms with Crippen LogP contribution in [0.1, 0.15) is 5.56 Å². The van der Waals surface area contributed by atoms with E-state index in [0.29, 0.717) is 5.69 Å². The molecule has 102 valence electrons. The van der Waals surface area contributed by atoms with Crippen LogP contribution < -0.4 is 10.6 Å². The highest BCUT2D eigenvalue weighted by Gasteiger charge is 1.99. The summed E-state index contributed by atoms with van der Waals surface area (Å²) >= 11 is 3.41. The number of carbonyl (C=O) groups excluding carboxylic acids is 1. The zero-order valence-corrected chi connectivity index (χ0v) is 12.0. The molecule has 0 spiro atoms. The van der Waals surface area contributed by atoms with E-state index in [-0.39, 0.29) is 11.8 Å². The van der Waals surface area contributed by atoms with E-state index in [1.54, 1.807) is 12.3 Å². The van der Waals surface area contributed by atoms with Crippen LogP contribution >= 0.6 is 15.9 Å². The molecule has 20 heavy (non-hydrogen) atoms. The van der Waals surface area contributed by atoms with Gasteiger partial charge >= 0.3 is 6.03 Å². The standard InChI is InChI=1S/C15H12BrFN2O/c16-14-4-2-1-3-11(14)9-10-18-15(20)19-13-7-5-12(17)6-8-13/h1-10H,(H2,18,19,20)/b10-9+. The number of hydrogen-bond acceptors (Lipinski definition) is 1. The van der Waals surface area contributed by atoms with Crippen molar-refractivity contribution in [3.05, 3.63) is 70.6 Å². The number of anilines is 1. The number of benzene rings is 2. The lowest BCUT2D eigenvalue weighted by molar-refractivity contribution is 0.255. The fourth-order valence-corrected chi connectivity index (χ4v) is 1.93. The highest BCUT2D eigenvalue weighted by molar-refractivity contribution is 9.10. The van der Waals surface area contributed by atoms with E-state index in [9.17, 15) is 9.18 Å². The van der Waals surface area contributed by atoms with Crippen molar-refractivity contribution in [2.45, 2.75) is 0 Å². The maximum atomic E-state index is 12.7. The van der Waals surface area contributed by atoms with Gasteiger partial charge in [-0.05, 0) is 42.0 Å². The van der Waals surface area contributed by atoms with Crippen molar-refractivity contribution in [3.63, 3.8) is 0 Å². The van der Waals surface area contributed by atoms with Gasteiger partial charge in [-0.3, -0.25) is 0 Å². The van der Waals surface area contributed by atoms with Gasteiger partial charge in [0.15, 0.2) is 0 Å². The van der Waals surface area contributed by atoms with E-state index in [0.717, 1.165) is 10.0 Å². The van der Waals surface area contributed by atoms with Crippen LogP contribution in [0.15, 0.2) is 59.2 Å². The van der Waals surface area contributed by atoms with Gasteiger partial charge in [-0.1, -0.05) is 34.1 Å². The van der Waals surface area contributed by atoms with Crippen LogP contribution in [0.3, 0.4) is 0 Å². The number of amides is 2. The van der Waals surface area contributed by atoms with Gasteiger partial charge in [0, 0.05) is 16.4 Å². The first-order valence-corrected chi connectivity index (χ1v) is 6.68. The molecule has 0 aliphatic carbocycles. The third-order valence-electron chi connectivity index (χ3n) is 2.48. The smallest absolute Gasteiger partial charge is 0.314 e. The molecule has 0 atom stereocenters. The predicted molar refractivity (Wildman–Crippen MR) is 81.7 cm³/mol. The minimum Gasteiger partial charge on any atom is -0.314 e. The molecule has 2 N–H and O–H groups in total. The van der Waals surface area contributed by atoms with Crippen molar-refractivity contribution in [2.75, 3.05) is 5.32 Å². The van der Waals surface area contributed by atoms with Crippen molar-refractivity contribution >= 4 is 33.7 Å². The SMILES string of the molecule is O=C(N/C=C/c1ccccc1Br)Nc1ccc(F)cc1. The first kappa shape index (κ1) is 14.3. The van der Waals surface area contributed by atoms with Crippen molar-refractivity contribution < 1.29 is 9.18 Å². The van der Waals surface area contributed by atoms with Crippen LogP contribution in [0, 0.1) is 5.82 Å². The molecule has 5 heteroatoms. The van der Waals surface area contributed by atoms with E-state index in [4.69, 9.17) is 0 Å². The molecular formula is C15H12BrFN2O. The monoisotopic (exact) mass is 334 g/mol. The lowest BCUT2D eigenvalue weighted by Crippen LogP contribution is -2.23. The minimum absolute atomic E-state index is 0.343. The second-order valence-corrected chi connectivity index (χ2v) is 4.81. The summed E-state index contributed by atoms with van der Waals surface area (Å²) < 4.78 is 13.6. The second-order valence-electron chi connectivity index (χ2n) is 3.96. The molecule has 2 amide bonds. The Hall–Kier alpha value is -2.14. The average Bonchev–Trinajstić information content (AvgIpc) is 2.43. The third-order valence-corrected chi connectivity index (χ3v) is 3.21. The largest absolute Gasteiger partial charge is 0.323 e. The predicted octanol–water partition coefficient (Wildman–Crippen LogP) is 4.38. The Morgan fingerprint density at radius 3 is 2.50 bits per heavy atom. The van der Waals surface area contributed by atoms with Crippen LogP contribution in [0.25, 0.3) is 6.08 Å². The highest BCUT2D eigenvalue weighted by Crippen LogP contribution is 2.16. The highest BCUT2D eigenvalue weighted by atomic mass is 79.9. The van der Waals surface area contributed by atoms with Gasteiger partial charge in [0.1, 0.15) is 5.82 Å². The molecule has 0 unspecified atom stereocenters. The molecule has 0 radical (unpaired) electrons. The molecular weight excluding hydrogens is 323 g/mol. The molecule has 2 aromatic carbocycles. The molecule has 3 nitrogen and oxygen atoms in total. The molecule has 2 rings (SSSR count). The topological polar surface area (TPSA) is 41.1 Å². The summed E-state index contributed by atoms with van der Waals surface area (Å²) in [6, 6.07) is 12.8. The first-order chi connectivity index (χ1) is 9.65. The van der Waals surface area contributed by atoms with Gasteiger partial charge in [0.25, 0.3) is 0 Å². The van der Waals surface area contributed by atoms with Gasteiger partial charge in [-0.2, -0.15) is 0 Å². The molecule has 0 aliphatic heterocycles. The number of hydrogen-bond donors (Lipinski definition) is 2. The normalized spacial score (nSPS) is 10.5. The molecule has 2 aromatic rings. The molecule has 0 aromatic heterocycles. The lowest BCUT2D eigenvalue weighted by atomic mass is 10.2. The molecule has 0 heterocycles. The minimum atomic E-state index is -0.389. The van der Waals surface area contributed by atoms with Gasteiger partial charge < -0.3 is 10.6 Å². The Labute approximate surface area is 124 Å². The summed E-state index contributed by atoms with van der Waals surface area (Å²) in [6.45, 7) is 0. The van der Waals surface area contributed by atoms with E-state index < -0.39 is 0 Å². The Morgan fingerprint density at radius 2 is 1.80 bits per heavy atom. The van der Waals surface area contributed by atoms with E-state index in [1.165, 1.54) is 24.3 Å². The second kappa shape index (κ2) is 6.86. The third kappa shape index (κ3) is 4.20. The van der Waals surface area contributed by atoms with Gasteiger partial charge in [-0.25, -0.2) is 9.18 Å². The Kier molecular flexibility index (Phi) is 4.90. The quantitative estimate of drug-likeness (QED) is 0.859.